The second-order valence-electron chi connectivity index (χ2n) is 6.13. The number of para-hydroxylation sites is 1. The molecule has 146 valence electrons. The number of benzene rings is 2. The Kier molecular flexibility index (Phi) is 6.54. The van der Waals surface area contributed by atoms with Crippen molar-refractivity contribution < 1.29 is 14.1 Å². The lowest BCUT2D eigenvalue weighted by Gasteiger charge is -2.23. The number of amides is 1. The molecule has 0 spiro atoms. The van der Waals surface area contributed by atoms with Crippen LogP contribution in [0.15, 0.2) is 53.1 Å². The molecule has 28 heavy (non-hydrogen) atoms. The van der Waals surface area contributed by atoms with Crippen LogP contribution in [0.1, 0.15) is 19.2 Å². The number of carbonyl (C=O) groups excluding carboxylic acids is 1. The molecule has 6 nitrogen and oxygen atoms in total. The minimum absolute atomic E-state index is 0.151. The van der Waals surface area contributed by atoms with Gasteiger partial charge in [0.15, 0.2) is 6.10 Å². The average Bonchev–Trinajstić information content (AvgIpc) is 3.15. The summed E-state index contributed by atoms with van der Waals surface area (Å²) in [6.07, 6.45) is -0.181. The summed E-state index contributed by atoms with van der Waals surface area (Å²) >= 11 is 12.3. The predicted molar refractivity (Wildman–Crippen MR) is 107 cm³/mol. The maximum absolute atomic E-state index is 12.8. The average molecular weight is 420 g/mol. The van der Waals surface area contributed by atoms with Crippen LogP contribution in [-0.2, 0) is 11.3 Å². The molecule has 0 saturated carbocycles. The molecule has 0 aliphatic rings. The van der Waals surface area contributed by atoms with E-state index in [1.807, 2.05) is 19.1 Å². The normalized spacial score (nSPS) is 11.9. The van der Waals surface area contributed by atoms with Crippen LogP contribution in [-0.4, -0.2) is 34.1 Å². The van der Waals surface area contributed by atoms with Gasteiger partial charge in [-0.1, -0.05) is 59.5 Å². The van der Waals surface area contributed by atoms with Crippen LogP contribution in [0, 0.1) is 0 Å². The Balaban J connectivity index is 1.68. The Hall–Kier alpha value is -2.57. The molecule has 2 aromatic carbocycles. The number of aromatic nitrogens is 2. The Labute approximate surface area is 173 Å². The second-order valence-corrected chi connectivity index (χ2v) is 6.95. The van der Waals surface area contributed by atoms with Gasteiger partial charge in [-0.2, -0.15) is 4.98 Å². The number of ether oxygens (including phenoxy) is 1. The first-order valence-electron chi connectivity index (χ1n) is 8.73. The van der Waals surface area contributed by atoms with Gasteiger partial charge in [0.05, 0.1) is 16.6 Å². The van der Waals surface area contributed by atoms with Gasteiger partial charge >= 0.3 is 0 Å². The monoisotopic (exact) mass is 419 g/mol. The van der Waals surface area contributed by atoms with Gasteiger partial charge in [-0.25, -0.2) is 0 Å². The van der Waals surface area contributed by atoms with Crippen LogP contribution >= 0.6 is 23.2 Å². The van der Waals surface area contributed by atoms with Gasteiger partial charge in [-0.05, 0) is 30.7 Å². The van der Waals surface area contributed by atoms with Gasteiger partial charge in [0.2, 0.25) is 11.7 Å². The number of nitrogens with zero attached hydrogens (tertiary/aromatic N) is 3. The molecule has 1 heterocycles. The quantitative estimate of drug-likeness (QED) is 0.546. The fourth-order valence-electron chi connectivity index (χ4n) is 2.60. The summed E-state index contributed by atoms with van der Waals surface area (Å²) < 4.78 is 11.1. The Morgan fingerprint density at radius 1 is 1.14 bits per heavy atom. The van der Waals surface area contributed by atoms with Gasteiger partial charge in [0.25, 0.3) is 5.91 Å². The molecule has 0 radical (unpaired) electrons. The molecule has 0 N–H and O–H groups in total. The number of hydrogen-bond donors (Lipinski definition) is 0. The maximum Gasteiger partial charge on any atom is 0.263 e. The predicted octanol–water partition coefficient (Wildman–Crippen LogP) is 4.86. The number of halogens is 2. The Bertz CT molecular complexity index is 961. The van der Waals surface area contributed by atoms with Crippen LogP contribution in [0.5, 0.6) is 5.75 Å². The lowest BCUT2D eigenvalue weighted by atomic mass is 10.2. The van der Waals surface area contributed by atoms with E-state index in [1.165, 1.54) is 4.90 Å². The van der Waals surface area contributed by atoms with Crippen molar-refractivity contribution in [2.75, 3.05) is 7.05 Å². The third-order valence-corrected chi connectivity index (χ3v) is 4.73. The summed E-state index contributed by atoms with van der Waals surface area (Å²) in [5.41, 5.74) is 0.668. The number of rotatable bonds is 7. The Morgan fingerprint density at radius 3 is 2.50 bits per heavy atom. The summed E-state index contributed by atoms with van der Waals surface area (Å²) in [6, 6.07) is 14.3. The summed E-state index contributed by atoms with van der Waals surface area (Å²) in [6.45, 7) is 2.02. The minimum Gasteiger partial charge on any atom is -0.479 e. The van der Waals surface area contributed by atoms with E-state index < -0.39 is 6.10 Å². The zero-order chi connectivity index (χ0) is 20.1. The lowest BCUT2D eigenvalue weighted by molar-refractivity contribution is -0.138. The molecule has 0 bridgehead atoms. The highest BCUT2D eigenvalue weighted by molar-refractivity contribution is 6.33. The number of likely N-dealkylation sites (N-methyl/N-ethyl adjacent to an activating group) is 1. The fraction of sp³-hybridized carbons (Fsp3) is 0.250. The van der Waals surface area contributed by atoms with Gasteiger partial charge in [0.1, 0.15) is 5.75 Å². The first-order valence-corrected chi connectivity index (χ1v) is 9.48. The van der Waals surface area contributed by atoms with E-state index in [9.17, 15) is 4.79 Å². The van der Waals surface area contributed by atoms with Crippen molar-refractivity contribution in [1.82, 2.24) is 15.0 Å². The number of carbonyl (C=O) groups is 1. The summed E-state index contributed by atoms with van der Waals surface area (Å²) in [4.78, 5) is 18.6. The first-order chi connectivity index (χ1) is 13.5. The van der Waals surface area contributed by atoms with E-state index in [4.69, 9.17) is 32.5 Å². The molecule has 1 amide bonds. The molecule has 1 aromatic heterocycles. The molecule has 1 atom stereocenters. The molecule has 0 saturated heterocycles. The van der Waals surface area contributed by atoms with E-state index in [1.54, 1.807) is 43.4 Å². The van der Waals surface area contributed by atoms with Crippen LogP contribution in [0.2, 0.25) is 10.0 Å². The summed E-state index contributed by atoms with van der Waals surface area (Å²) in [5.74, 6) is 0.940. The van der Waals surface area contributed by atoms with Gasteiger partial charge in [0, 0.05) is 12.6 Å². The van der Waals surface area contributed by atoms with E-state index in [0.717, 1.165) is 0 Å². The summed E-state index contributed by atoms with van der Waals surface area (Å²) in [7, 11) is 1.65. The van der Waals surface area contributed by atoms with E-state index in [2.05, 4.69) is 10.1 Å². The standard InChI is InChI=1S/C20H19Cl2N3O3/c1-3-16(27-17-11-7-6-10-15(17)22)20(26)25(2)12-18-23-19(24-28-18)13-8-4-5-9-14(13)21/h4-11,16H,3,12H2,1-2H3/t16-/m1/s1. The van der Waals surface area contributed by atoms with Gasteiger partial charge < -0.3 is 14.2 Å². The zero-order valence-corrected chi connectivity index (χ0v) is 16.9. The molecular formula is C20H19Cl2N3O3. The first kappa shape index (κ1) is 20.2. The molecule has 0 aliphatic heterocycles. The molecule has 0 unspecified atom stereocenters. The van der Waals surface area contributed by atoms with Gasteiger partial charge in [-0.15, -0.1) is 0 Å². The fourth-order valence-corrected chi connectivity index (χ4v) is 3.00. The molecule has 3 aromatic rings. The van der Waals surface area contributed by atoms with Crippen molar-refractivity contribution in [1.29, 1.82) is 0 Å². The van der Waals surface area contributed by atoms with Crippen LogP contribution in [0.3, 0.4) is 0 Å². The second kappa shape index (κ2) is 9.08. The maximum atomic E-state index is 12.8. The third kappa shape index (κ3) is 4.64. The minimum atomic E-state index is -0.671. The van der Waals surface area contributed by atoms with E-state index in [-0.39, 0.29) is 12.5 Å². The zero-order valence-electron chi connectivity index (χ0n) is 15.4. The largest absolute Gasteiger partial charge is 0.479 e. The Morgan fingerprint density at radius 2 is 1.82 bits per heavy atom. The van der Waals surface area contributed by atoms with Crippen molar-refractivity contribution in [3.8, 4) is 17.1 Å². The van der Waals surface area contributed by atoms with Crippen molar-refractivity contribution in [2.45, 2.75) is 26.0 Å². The molecule has 3 rings (SSSR count). The van der Waals surface area contributed by atoms with Crippen molar-refractivity contribution in [3.05, 3.63) is 64.5 Å². The molecular weight excluding hydrogens is 401 g/mol. The van der Waals surface area contributed by atoms with Crippen LogP contribution in [0.4, 0.5) is 0 Å². The van der Waals surface area contributed by atoms with Crippen molar-refractivity contribution in [2.24, 2.45) is 0 Å². The van der Waals surface area contributed by atoms with E-state index in [0.29, 0.717) is 39.5 Å². The highest BCUT2D eigenvalue weighted by Crippen LogP contribution is 2.26. The smallest absolute Gasteiger partial charge is 0.263 e. The van der Waals surface area contributed by atoms with E-state index >= 15 is 0 Å². The highest BCUT2D eigenvalue weighted by Gasteiger charge is 2.24. The van der Waals surface area contributed by atoms with Crippen molar-refractivity contribution >= 4 is 29.1 Å². The van der Waals surface area contributed by atoms with Crippen molar-refractivity contribution in [3.63, 3.8) is 0 Å². The molecule has 0 fully saturated rings. The molecule has 8 heteroatoms. The van der Waals surface area contributed by atoms with Gasteiger partial charge in [-0.3, -0.25) is 4.79 Å². The summed E-state index contributed by atoms with van der Waals surface area (Å²) in [5, 5.41) is 4.93. The third-order valence-electron chi connectivity index (χ3n) is 4.08. The van der Waals surface area contributed by atoms with Crippen LogP contribution in [0.25, 0.3) is 11.4 Å². The van der Waals surface area contributed by atoms with Crippen LogP contribution < -0.4 is 4.74 Å². The highest BCUT2D eigenvalue weighted by atomic mass is 35.5. The molecule has 0 aliphatic carbocycles. The lowest BCUT2D eigenvalue weighted by Crippen LogP contribution is -2.39. The number of hydrogen-bond acceptors (Lipinski definition) is 5. The SMILES string of the molecule is CC[C@@H](Oc1ccccc1Cl)C(=O)N(C)Cc1nc(-c2ccccc2Cl)no1. The topological polar surface area (TPSA) is 68.5 Å².